The van der Waals surface area contributed by atoms with Crippen LogP contribution in [-0.4, -0.2) is 41.7 Å². The van der Waals surface area contributed by atoms with Gasteiger partial charge in [-0.05, 0) is 32.4 Å². The lowest BCUT2D eigenvalue weighted by Crippen LogP contribution is -2.45. The first-order valence-corrected chi connectivity index (χ1v) is 6.82. The van der Waals surface area contributed by atoms with Crippen LogP contribution in [0.4, 0.5) is 0 Å². The maximum absolute atomic E-state index is 5.56. The topological polar surface area (TPSA) is 12.5 Å². The molecule has 0 saturated carbocycles. The van der Waals surface area contributed by atoms with Gasteiger partial charge >= 0.3 is 0 Å². The number of likely N-dealkylation sites (tertiary alicyclic amines) is 1. The zero-order chi connectivity index (χ0) is 9.10. The molecule has 2 atom stereocenters. The Morgan fingerprint density at radius 1 is 1.38 bits per heavy atom. The highest BCUT2D eigenvalue weighted by Crippen LogP contribution is 2.28. The molecule has 0 N–H and O–H groups in total. The van der Waals surface area contributed by atoms with E-state index in [-0.39, 0.29) is 0 Å². The minimum absolute atomic E-state index is 0.761. The summed E-state index contributed by atoms with van der Waals surface area (Å²) in [6.45, 7) is 4.60. The molecule has 2 saturated heterocycles. The van der Waals surface area contributed by atoms with E-state index in [1.807, 2.05) is 0 Å². The summed E-state index contributed by atoms with van der Waals surface area (Å²) in [4.78, 5) is 2.65. The Morgan fingerprint density at radius 2 is 2.31 bits per heavy atom. The van der Waals surface area contributed by atoms with Gasteiger partial charge in [-0.1, -0.05) is 22.6 Å². The standard InChI is InChI=1S/C10H18INO/c11-4-2-6-12-5-1-3-9-7-13-8-10(9)12/h9-10H,1-8H2/t9-,10+/m0/s1. The molecule has 0 spiro atoms. The number of alkyl halides is 1. The van der Waals surface area contributed by atoms with Gasteiger partial charge in [0.15, 0.2) is 0 Å². The molecule has 13 heavy (non-hydrogen) atoms. The quantitative estimate of drug-likeness (QED) is 0.582. The summed E-state index contributed by atoms with van der Waals surface area (Å²) >= 11 is 2.47. The predicted octanol–water partition coefficient (Wildman–Crippen LogP) is 1.92. The fourth-order valence-electron chi connectivity index (χ4n) is 2.53. The molecule has 0 radical (unpaired) electrons. The van der Waals surface area contributed by atoms with Gasteiger partial charge in [-0.15, -0.1) is 0 Å². The average Bonchev–Trinajstić information content (AvgIpc) is 2.62. The van der Waals surface area contributed by atoms with Crippen LogP contribution < -0.4 is 0 Å². The predicted molar refractivity (Wildman–Crippen MR) is 62.4 cm³/mol. The van der Waals surface area contributed by atoms with E-state index in [0.717, 1.165) is 25.2 Å². The van der Waals surface area contributed by atoms with E-state index in [4.69, 9.17) is 4.74 Å². The molecule has 2 heterocycles. The van der Waals surface area contributed by atoms with Crippen LogP contribution in [0.1, 0.15) is 19.3 Å². The maximum atomic E-state index is 5.56. The van der Waals surface area contributed by atoms with Crippen molar-refractivity contribution in [1.29, 1.82) is 0 Å². The Bertz CT molecular complexity index is 165. The fourth-order valence-corrected chi connectivity index (χ4v) is 2.87. The Morgan fingerprint density at radius 3 is 3.15 bits per heavy atom. The van der Waals surface area contributed by atoms with Crippen molar-refractivity contribution in [3.63, 3.8) is 0 Å². The van der Waals surface area contributed by atoms with Crippen LogP contribution in [0.15, 0.2) is 0 Å². The summed E-state index contributed by atoms with van der Waals surface area (Å²) in [7, 11) is 0. The minimum atomic E-state index is 0.761. The number of rotatable bonds is 3. The Balaban J connectivity index is 1.86. The number of halogens is 1. The van der Waals surface area contributed by atoms with E-state index in [1.54, 1.807) is 0 Å². The van der Waals surface area contributed by atoms with Crippen LogP contribution in [0.5, 0.6) is 0 Å². The summed E-state index contributed by atoms with van der Waals surface area (Å²) in [5, 5.41) is 0. The third kappa shape index (κ3) is 2.36. The molecule has 0 aromatic rings. The molecule has 76 valence electrons. The van der Waals surface area contributed by atoms with Crippen LogP contribution in [0.3, 0.4) is 0 Å². The highest BCUT2D eigenvalue weighted by atomic mass is 127. The number of fused-ring (bicyclic) bond motifs is 1. The van der Waals surface area contributed by atoms with Crippen molar-refractivity contribution < 1.29 is 4.74 Å². The first-order chi connectivity index (χ1) is 6.42. The van der Waals surface area contributed by atoms with Gasteiger partial charge in [-0.25, -0.2) is 0 Å². The van der Waals surface area contributed by atoms with Gasteiger partial charge in [-0.3, -0.25) is 4.90 Å². The molecule has 0 aliphatic carbocycles. The van der Waals surface area contributed by atoms with E-state index in [1.165, 1.54) is 36.8 Å². The van der Waals surface area contributed by atoms with Gasteiger partial charge in [0.05, 0.1) is 13.2 Å². The third-order valence-electron chi connectivity index (χ3n) is 3.23. The van der Waals surface area contributed by atoms with Gasteiger partial charge in [0.25, 0.3) is 0 Å². The second-order valence-electron chi connectivity index (χ2n) is 4.09. The van der Waals surface area contributed by atoms with Crippen LogP contribution >= 0.6 is 22.6 Å². The van der Waals surface area contributed by atoms with Gasteiger partial charge in [0.1, 0.15) is 0 Å². The average molecular weight is 295 g/mol. The highest BCUT2D eigenvalue weighted by molar-refractivity contribution is 14.1. The van der Waals surface area contributed by atoms with E-state index in [0.29, 0.717) is 0 Å². The van der Waals surface area contributed by atoms with Crippen molar-refractivity contribution in [1.82, 2.24) is 4.90 Å². The smallest absolute Gasteiger partial charge is 0.0625 e. The number of ether oxygens (including phenoxy) is 1. The van der Waals surface area contributed by atoms with Crippen LogP contribution in [0, 0.1) is 5.92 Å². The van der Waals surface area contributed by atoms with Crippen molar-refractivity contribution >= 4 is 22.6 Å². The molecular weight excluding hydrogens is 277 g/mol. The molecule has 0 amide bonds. The van der Waals surface area contributed by atoms with Crippen molar-refractivity contribution in [3.05, 3.63) is 0 Å². The van der Waals surface area contributed by atoms with Gasteiger partial charge in [0.2, 0.25) is 0 Å². The molecular formula is C10H18INO. The normalized spacial score (nSPS) is 34.8. The highest BCUT2D eigenvalue weighted by Gasteiger charge is 2.35. The second-order valence-corrected chi connectivity index (χ2v) is 5.16. The summed E-state index contributed by atoms with van der Waals surface area (Å²) in [6, 6.07) is 0.761. The molecule has 2 aliphatic rings. The van der Waals surface area contributed by atoms with E-state index in [9.17, 15) is 0 Å². The first-order valence-electron chi connectivity index (χ1n) is 5.29. The maximum Gasteiger partial charge on any atom is 0.0625 e. The Labute approximate surface area is 94.1 Å². The third-order valence-corrected chi connectivity index (χ3v) is 4.00. The molecule has 0 aromatic carbocycles. The zero-order valence-corrected chi connectivity index (χ0v) is 10.2. The molecule has 0 aromatic heterocycles. The molecule has 0 bridgehead atoms. The summed E-state index contributed by atoms with van der Waals surface area (Å²) in [5.41, 5.74) is 0. The van der Waals surface area contributed by atoms with Crippen molar-refractivity contribution in [2.24, 2.45) is 5.92 Å². The van der Waals surface area contributed by atoms with Crippen LogP contribution in [-0.2, 0) is 4.74 Å². The van der Waals surface area contributed by atoms with Crippen molar-refractivity contribution in [2.75, 3.05) is 30.7 Å². The van der Waals surface area contributed by atoms with Crippen LogP contribution in [0.2, 0.25) is 0 Å². The summed E-state index contributed by atoms with van der Waals surface area (Å²) < 4.78 is 6.84. The number of hydrogen-bond acceptors (Lipinski definition) is 2. The number of piperidine rings is 1. The number of hydrogen-bond donors (Lipinski definition) is 0. The largest absolute Gasteiger partial charge is 0.379 e. The van der Waals surface area contributed by atoms with Crippen molar-refractivity contribution in [2.45, 2.75) is 25.3 Å². The van der Waals surface area contributed by atoms with Crippen molar-refractivity contribution in [3.8, 4) is 0 Å². The van der Waals surface area contributed by atoms with E-state index >= 15 is 0 Å². The van der Waals surface area contributed by atoms with Gasteiger partial charge in [-0.2, -0.15) is 0 Å². The minimum Gasteiger partial charge on any atom is -0.379 e. The molecule has 2 rings (SSSR count). The molecule has 2 nitrogen and oxygen atoms in total. The lowest BCUT2D eigenvalue weighted by atomic mass is 9.92. The fraction of sp³-hybridized carbons (Fsp3) is 1.00. The van der Waals surface area contributed by atoms with E-state index < -0.39 is 0 Å². The van der Waals surface area contributed by atoms with Gasteiger partial charge < -0.3 is 4.74 Å². The molecule has 2 aliphatic heterocycles. The van der Waals surface area contributed by atoms with Gasteiger partial charge in [0, 0.05) is 16.4 Å². The molecule has 2 fully saturated rings. The zero-order valence-electron chi connectivity index (χ0n) is 8.04. The van der Waals surface area contributed by atoms with Crippen LogP contribution in [0.25, 0.3) is 0 Å². The SMILES string of the molecule is ICCCN1CCC[C@H]2COC[C@H]21. The second kappa shape index (κ2) is 4.94. The Kier molecular flexibility index (Phi) is 3.86. The summed E-state index contributed by atoms with van der Waals surface area (Å²) in [6.07, 6.45) is 4.11. The first kappa shape index (κ1) is 10.2. The lowest BCUT2D eigenvalue weighted by Gasteiger charge is -2.36. The monoisotopic (exact) mass is 295 g/mol. The number of nitrogens with zero attached hydrogens (tertiary/aromatic N) is 1. The van der Waals surface area contributed by atoms with E-state index in [2.05, 4.69) is 27.5 Å². The molecule has 0 unspecified atom stereocenters. The molecule has 3 heteroatoms. The lowest BCUT2D eigenvalue weighted by molar-refractivity contribution is 0.118. The summed E-state index contributed by atoms with van der Waals surface area (Å²) in [5.74, 6) is 0.850. The Hall–Kier alpha value is 0.650.